The van der Waals surface area contributed by atoms with Gasteiger partial charge in [-0.1, -0.05) is 0 Å². The minimum atomic E-state index is -0.174. The van der Waals surface area contributed by atoms with Crippen molar-refractivity contribution in [2.45, 2.75) is 25.4 Å². The maximum Gasteiger partial charge on any atom is 0.243 e. The third-order valence-corrected chi connectivity index (χ3v) is 5.45. The van der Waals surface area contributed by atoms with Gasteiger partial charge >= 0.3 is 0 Å². The van der Waals surface area contributed by atoms with Crippen LogP contribution in [0.3, 0.4) is 0 Å². The lowest BCUT2D eigenvalue weighted by atomic mass is 10.2. The number of hydrogen-bond acceptors (Lipinski definition) is 7. The van der Waals surface area contributed by atoms with Crippen molar-refractivity contribution in [1.82, 2.24) is 20.3 Å². The normalized spacial score (nSPS) is 17.7. The molecule has 118 valence electrons. The molecule has 6 nitrogen and oxygen atoms in total. The highest BCUT2D eigenvalue weighted by molar-refractivity contribution is 7.16. The Morgan fingerprint density at radius 2 is 2.35 bits per heavy atom. The van der Waals surface area contributed by atoms with E-state index in [1.807, 2.05) is 16.8 Å². The average molecular weight is 345 g/mol. The van der Waals surface area contributed by atoms with Crippen LogP contribution in [0.15, 0.2) is 28.7 Å². The fraction of sp³-hybridized carbons (Fsp3) is 0.333. The molecule has 1 N–H and O–H groups in total. The van der Waals surface area contributed by atoms with Crippen molar-refractivity contribution in [3.05, 3.63) is 34.4 Å². The van der Waals surface area contributed by atoms with Crippen molar-refractivity contribution in [1.29, 1.82) is 0 Å². The topological polar surface area (TPSA) is 71.0 Å². The van der Waals surface area contributed by atoms with Crippen molar-refractivity contribution < 1.29 is 4.79 Å². The smallest absolute Gasteiger partial charge is 0.243 e. The fourth-order valence-corrected chi connectivity index (χ4v) is 4.20. The molecule has 1 unspecified atom stereocenters. The molecule has 1 fully saturated rings. The van der Waals surface area contributed by atoms with Crippen LogP contribution < -0.4 is 10.2 Å². The molecule has 1 aliphatic rings. The fourth-order valence-electron chi connectivity index (χ4n) is 2.92. The van der Waals surface area contributed by atoms with Crippen LogP contribution in [0.4, 0.5) is 5.82 Å². The lowest BCUT2D eigenvalue weighted by Gasteiger charge is -2.25. The van der Waals surface area contributed by atoms with Crippen LogP contribution in [-0.4, -0.2) is 33.4 Å². The van der Waals surface area contributed by atoms with Crippen LogP contribution in [0.5, 0.6) is 0 Å². The number of rotatable bonds is 4. The van der Waals surface area contributed by atoms with Gasteiger partial charge in [-0.25, -0.2) is 15.0 Å². The number of carbonyl (C=O) groups is 1. The maximum absolute atomic E-state index is 12.6. The zero-order valence-corrected chi connectivity index (χ0v) is 13.9. The first-order valence-corrected chi connectivity index (χ1v) is 9.25. The number of thiophene rings is 1. The highest BCUT2D eigenvalue weighted by atomic mass is 32.1. The Balaban J connectivity index is 1.54. The van der Waals surface area contributed by atoms with Gasteiger partial charge < -0.3 is 10.2 Å². The molecule has 0 saturated carbocycles. The summed E-state index contributed by atoms with van der Waals surface area (Å²) in [7, 11) is 0. The molecule has 4 rings (SSSR count). The number of thiazole rings is 1. The largest absolute Gasteiger partial charge is 0.349 e. The summed E-state index contributed by atoms with van der Waals surface area (Å²) in [4.78, 5) is 28.6. The number of fused-ring (bicyclic) bond motifs is 1. The first-order chi connectivity index (χ1) is 11.3. The van der Waals surface area contributed by atoms with Gasteiger partial charge in [0.25, 0.3) is 0 Å². The van der Waals surface area contributed by atoms with Crippen molar-refractivity contribution in [2.75, 3.05) is 11.4 Å². The molecule has 1 saturated heterocycles. The van der Waals surface area contributed by atoms with Gasteiger partial charge in [-0.2, -0.15) is 0 Å². The highest BCUT2D eigenvalue weighted by Crippen LogP contribution is 2.31. The summed E-state index contributed by atoms with van der Waals surface area (Å²) < 4.78 is 0. The zero-order chi connectivity index (χ0) is 15.6. The van der Waals surface area contributed by atoms with E-state index in [-0.39, 0.29) is 11.9 Å². The van der Waals surface area contributed by atoms with Gasteiger partial charge in [0.2, 0.25) is 5.91 Å². The Morgan fingerprint density at radius 3 is 3.22 bits per heavy atom. The molecule has 1 atom stereocenters. The molecule has 0 bridgehead atoms. The predicted molar refractivity (Wildman–Crippen MR) is 91.7 cm³/mol. The number of hydrogen-bond donors (Lipinski definition) is 1. The number of aromatic nitrogens is 3. The Morgan fingerprint density at radius 1 is 1.39 bits per heavy atom. The highest BCUT2D eigenvalue weighted by Gasteiger charge is 2.32. The quantitative estimate of drug-likeness (QED) is 0.786. The molecule has 0 aliphatic carbocycles. The number of carbonyl (C=O) groups excluding carboxylic acids is 1. The third-order valence-electron chi connectivity index (χ3n) is 4.00. The van der Waals surface area contributed by atoms with E-state index in [0.29, 0.717) is 6.54 Å². The van der Waals surface area contributed by atoms with Gasteiger partial charge in [-0.05, 0) is 24.3 Å². The molecular formula is C15H15N5OS2. The van der Waals surface area contributed by atoms with Crippen molar-refractivity contribution >= 4 is 44.6 Å². The van der Waals surface area contributed by atoms with E-state index < -0.39 is 0 Å². The van der Waals surface area contributed by atoms with E-state index in [1.165, 1.54) is 11.3 Å². The summed E-state index contributed by atoms with van der Waals surface area (Å²) in [5.74, 6) is 0.903. The predicted octanol–water partition coefficient (Wildman–Crippen LogP) is 2.43. The summed E-state index contributed by atoms with van der Waals surface area (Å²) in [5, 5.41) is 7.98. The Hall–Kier alpha value is -2.06. The Labute approximate surface area is 141 Å². The van der Waals surface area contributed by atoms with Crippen LogP contribution in [-0.2, 0) is 11.3 Å². The lowest BCUT2D eigenvalue weighted by Crippen LogP contribution is -2.43. The number of amides is 1. The molecule has 0 aromatic carbocycles. The summed E-state index contributed by atoms with van der Waals surface area (Å²) in [6, 6.07) is 1.85. The summed E-state index contributed by atoms with van der Waals surface area (Å²) in [5.41, 5.74) is 2.67. The summed E-state index contributed by atoms with van der Waals surface area (Å²) in [6.07, 6.45) is 3.42. The Kier molecular flexibility index (Phi) is 3.92. The van der Waals surface area contributed by atoms with Crippen LogP contribution in [0.1, 0.15) is 18.5 Å². The van der Waals surface area contributed by atoms with E-state index in [1.54, 1.807) is 23.2 Å². The second-order valence-corrected chi connectivity index (χ2v) is 7.00. The standard InChI is InChI=1S/C15H15N5OS2/c21-14(16-6-10-7-22-9-19-10)12-2-1-4-20(12)13-11-3-5-23-15(11)18-8-17-13/h3,5,7-9,12H,1-2,4,6H2,(H,16,21). The van der Waals surface area contributed by atoms with Crippen LogP contribution >= 0.6 is 22.7 Å². The van der Waals surface area contributed by atoms with E-state index in [4.69, 9.17) is 0 Å². The molecule has 1 amide bonds. The second-order valence-electron chi connectivity index (χ2n) is 5.39. The van der Waals surface area contributed by atoms with Gasteiger partial charge in [0.15, 0.2) is 0 Å². The summed E-state index contributed by atoms with van der Waals surface area (Å²) >= 11 is 3.13. The molecule has 1 aliphatic heterocycles. The second kappa shape index (κ2) is 6.21. The Bertz CT molecular complexity index is 816. The lowest BCUT2D eigenvalue weighted by molar-refractivity contribution is -0.122. The van der Waals surface area contributed by atoms with Crippen molar-refractivity contribution in [3.8, 4) is 0 Å². The monoisotopic (exact) mass is 345 g/mol. The summed E-state index contributed by atoms with van der Waals surface area (Å²) in [6.45, 7) is 1.32. The van der Waals surface area contributed by atoms with Gasteiger partial charge in [0.1, 0.15) is 23.0 Å². The van der Waals surface area contributed by atoms with Crippen molar-refractivity contribution in [3.63, 3.8) is 0 Å². The van der Waals surface area contributed by atoms with Gasteiger partial charge in [0, 0.05) is 11.9 Å². The molecule has 3 aromatic rings. The van der Waals surface area contributed by atoms with Gasteiger partial charge in [-0.15, -0.1) is 22.7 Å². The van der Waals surface area contributed by atoms with Crippen LogP contribution in [0, 0.1) is 0 Å². The molecule has 4 heterocycles. The van der Waals surface area contributed by atoms with Gasteiger partial charge in [-0.3, -0.25) is 4.79 Å². The maximum atomic E-state index is 12.6. The first-order valence-electron chi connectivity index (χ1n) is 7.42. The molecule has 0 spiro atoms. The number of nitrogens with zero attached hydrogens (tertiary/aromatic N) is 4. The minimum Gasteiger partial charge on any atom is -0.349 e. The van der Waals surface area contributed by atoms with Gasteiger partial charge in [0.05, 0.1) is 23.1 Å². The van der Waals surface area contributed by atoms with E-state index in [2.05, 4.69) is 25.2 Å². The number of anilines is 1. The zero-order valence-electron chi connectivity index (χ0n) is 12.3. The third kappa shape index (κ3) is 2.79. The minimum absolute atomic E-state index is 0.0393. The molecule has 3 aromatic heterocycles. The molecule has 23 heavy (non-hydrogen) atoms. The average Bonchev–Trinajstić information content (AvgIpc) is 3.32. The van der Waals surface area contributed by atoms with Crippen LogP contribution in [0.2, 0.25) is 0 Å². The van der Waals surface area contributed by atoms with Crippen LogP contribution in [0.25, 0.3) is 10.2 Å². The van der Waals surface area contributed by atoms with E-state index >= 15 is 0 Å². The molecule has 8 heteroatoms. The first kappa shape index (κ1) is 14.5. The van der Waals surface area contributed by atoms with E-state index in [9.17, 15) is 4.79 Å². The van der Waals surface area contributed by atoms with E-state index in [0.717, 1.165) is 41.1 Å². The number of nitrogens with one attached hydrogen (secondary N) is 1. The molecule has 0 radical (unpaired) electrons. The SMILES string of the molecule is O=C(NCc1cscn1)C1CCCN1c1ncnc2sccc12. The molecular weight excluding hydrogens is 330 g/mol. The van der Waals surface area contributed by atoms with Crippen molar-refractivity contribution in [2.24, 2.45) is 0 Å².